The molecule has 1 aromatic rings. The largest absolute Gasteiger partial charge is 0.385 e. The summed E-state index contributed by atoms with van der Waals surface area (Å²) >= 11 is 0. The monoisotopic (exact) mass is 183 g/mol. The zero-order valence-corrected chi connectivity index (χ0v) is 8.45. The number of nitrogens with one attached hydrogen (secondary N) is 1. The maximum atomic E-state index is 5.03. The van der Waals surface area contributed by atoms with E-state index in [1.807, 2.05) is 13.2 Å². The zero-order valence-electron chi connectivity index (χ0n) is 8.45. The summed E-state index contributed by atoms with van der Waals surface area (Å²) in [4.78, 5) is 4.17. The van der Waals surface area contributed by atoms with Crippen molar-refractivity contribution in [2.75, 3.05) is 26.1 Å². The predicted octanol–water partition coefficient (Wildman–Crippen LogP) is 1.52. The van der Waals surface area contributed by atoms with Crippen molar-refractivity contribution in [2.24, 2.45) is 0 Å². The van der Waals surface area contributed by atoms with Gasteiger partial charge < -0.3 is 14.6 Å². The first-order valence-electron chi connectivity index (χ1n) is 4.49. The Bertz CT molecular complexity index is 247. The van der Waals surface area contributed by atoms with Crippen molar-refractivity contribution in [3.63, 3.8) is 0 Å². The van der Waals surface area contributed by atoms with Crippen LogP contribution in [0.5, 0.6) is 0 Å². The number of imidazole rings is 1. The maximum absolute atomic E-state index is 5.03. The molecule has 0 radical (unpaired) electrons. The van der Waals surface area contributed by atoms with Crippen LogP contribution in [0.4, 0.5) is 5.95 Å². The Morgan fingerprint density at radius 1 is 1.69 bits per heavy atom. The molecule has 4 heteroatoms. The SMILES string of the molecule is CNc1nccn1C(C)CCOC. The molecule has 0 aliphatic heterocycles. The highest BCUT2D eigenvalue weighted by Gasteiger charge is 2.07. The summed E-state index contributed by atoms with van der Waals surface area (Å²) in [5.74, 6) is 0.906. The highest BCUT2D eigenvalue weighted by molar-refractivity contribution is 5.24. The van der Waals surface area contributed by atoms with Gasteiger partial charge in [-0.15, -0.1) is 0 Å². The molecule has 0 saturated carbocycles. The van der Waals surface area contributed by atoms with Gasteiger partial charge in [0.2, 0.25) is 5.95 Å². The number of ether oxygens (including phenoxy) is 1. The van der Waals surface area contributed by atoms with Gasteiger partial charge in [0.1, 0.15) is 0 Å². The lowest BCUT2D eigenvalue weighted by molar-refractivity contribution is 0.181. The first kappa shape index (κ1) is 10.1. The number of aromatic nitrogens is 2. The first-order chi connectivity index (χ1) is 6.29. The Morgan fingerprint density at radius 3 is 3.08 bits per heavy atom. The molecule has 0 saturated heterocycles. The van der Waals surface area contributed by atoms with Crippen LogP contribution in [0.1, 0.15) is 19.4 Å². The van der Waals surface area contributed by atoms with E-state index < -0.39 is 0 Å². The van der Waals surface area contributed by atoms with E-state index in [9.17, 15) is 0 Å². The Balaban J connectivity index is 2.59. The number of hydrogen-bond acceptors (Lipinski definition) is 3. The lowest BCUT2D eigenvalue weighted by atomic mass is 10.2. The van der Waals surface area contributed by atoms with Crippen molar-refractivity contribution >= 4 is 5.95 Å². The van der Waals surface area contributed by atoms with E-state index in [2.05, 4.69) is 21.8 Å². The molecule has 4 nitrogen and oxygen atoms in total. The predicted molar refractivity (Wildman–Crippen MR) is 53.0 cm³/mol. The molecule has 1 N–H and O–H groups in total. The lowest BCUT2D eigenvalue weighted by Gasteiger charge is -2.15. The van der Waals surface area contributed by atoms with Crippen LogP contribution < -0.4 is 5.32 Å². The van der Waals surface area contributed by atoms with Gasteiger partial charge in [0, 0.05) is 39.2 Å². The van der Waals surface area contributed by atoms with Gasteiger partial charge in [-0.2, -0.15) is 0 Å². The van der Waals surface area contributed by atoms with Crippen molar-refractivity contribution in [2.45, 2.75) is 19.4 Å². The summed E-state index contributed by atoms with van der Waals surface area (Å²) < 4.78 is 7.14. The van der Waals surface area contributed by atoms with Crippen LogP contribution in [0.2, 0.25) is 0 Å². The van der Waals surface area contributed by atoms with Gasteiger partial charge in [-0.25, -0.2) is 4.98 Å². The molecule has 0 aromatic carbocycles. The second-order valence-corrected chi connectivity index (χ2v) is 3.04. The fraction of sp³-hybridized carbons (Fsp3) is 0.667. The lowest BCUT2D eigenvalue weighted by Crippen LogP contribution is -2.10. The van der Waals surface area contributed by atoms with Gasteiger partial charge >= 0.3 is 0 Å². The van der Waals surface area contributed by atoms with Crippen molar-refractivity contribution in [3.8, 4) is 0 Å². The van der Waals surface area contributed by atoms with Crippen molar-refractivity contribution in [1.29, 1.82) is 0 Å². The molecule has 1 heterocycles. The number of nitrogens with zero attached hydrogens (tertiary/aromatic N) is 2. The Morgan fingerprint density at radius 2 is 2.46 bits per heavy atom. The molecule has 1 aromatic heterocycles. The third-order valence-corrected chi connectivity index (χ3v) is 2.11. The van der Waals surface area contributed by atoms with Crippen molar-refractivity contribution in [3.05, 3.63) is 12.4 Å². The molecule has 0 aliphatic rings. The molecule has 0 amide bonds. The van der Waals surface area contributed by atoms with Gasteiger partial charge in [-0.05, 0) is 13.3 Å². The van der Waals surface area contributed by atoms with Gasteiger partial charge in [-0.1, -0.05) is 0 Å². The summed E-state index contributed by atoms with van der Waals surface area (Å²) in [6.07, 6.45) is 4.78. The minimum absolute atomic E-state index is 0.421. The molecular weight excluding hydrogens is 166 g/mol. The first-order valence-corrected chi connectivity index (χ1v) is 4.49. The van der Waals surface area contributed by atoms with Crippen molar-refractivity contribution < 1.29 is 4.74 Å². The average Bonchev–Trinajstić information content (AvgIpc) is 2.61. The van der Waals surface area contributed by atoms with E-state index in [0.29, 0.717) is 6.04 Å². The summed E-state index contributed by atoms with van der Waals surface area (Å²) in [6, 6.07) is 0.421. The van der Waals surface area contributed by atoms with Gasteiger partial charge in [0.15, 0.2) is 0 Å². The average molecular weight is 183 g/mol. The highest BCUT2D eigenvalue weighted by atomic mass is 16.5. The molecule has 74 valence electrons. The number of methoxy groups -OCH3 is 1. The quantitative estimate of drug-likeness (QED) is 0.752. The fourth-order valence-electron chi connectivity index (χ4n) is 1.29. The van der Waals surface area contributed by atoms with E-state index in [4.69, 9.17) is 4.74 Å². The zero-order chi connectivity index (χ0) is 9.68. The molecule has 0 spiro atoms. The fourth-order valence-corrected chi connectivity index (χ4v) is 1.29. The summed E-state index contributed by atoms with van der Waals surface area (Å²) in [7, 11) is 3.60. The van der Waals surface area contributed by atoms with E-state index in [-0.39, 0.29) is 0 Å². The summed E-state index contributed by atoms with van der Waals surface area (Å²) in [5.41, 5.74) is 0. The maximum Gasteiger partial charge on any atom is 0.202 e. The second-order valence-electron chi connectivity index (χ2n) is 3.04. The Hall–Kier alpha value is -1.03. The molecule has 1 atom stereocenters. The van der Waals surface area contributed by atoms with Crippen LogP contribution in [0.15, 0.2) is 12.4 Å². The van der Waals surface area contributed by atoms with Gasteiger partial charge in [-0.3, -0.25) is 0 Å². The third-order valence-electron chi connectivity index (χ3n) is 2.11. The highest BCUT2D eigenvalue weighted by Crippen LogP contribution is 2.15. The summed E-state index contributed by atoms with van der Waals surface area (Å²) in [6.45, 7) is 2.93. The van der Waals surface area contributed by atoms with Crippen LogP contribution in [0, 0.1) is 0 Å². The molecule has 1 unspecified atom stereocenters. The molecule has 13 heavy (non-hydrogen) atoms. The van der Waals surface area contributed by atoms with Crippen molar-refractivity contribution in [1.82, 2.24) is 9.55 Å². The number of anilines is 1. The van der Waals surface area contributed by atoms with E-state index >= 15 is 0 Å². The minimum Gasteiger partial charge on any atom is -0.385 e. The normalized spacial score (nSPS) is 12.8. The van der Waals surface area contributed by atoms with Gasteiger partial charge in [0.25, 0.3) is 0 Å². The molecule has 1 rings (SSSR count). The number of rotatable bonds is 5. The van der Waals surface area contributed by atoms with Crippen LogP contribution in [0.3, 0.4) is 0 Å². The molecule has 0 aliphatic carbocycles. The van der Waals surface area contributed by atoms with E-state index in [1.165, 1.54) is 0 Å². The molecule has 0 fully saturated rings. The van der Waals surface area contributed by atoms with E-state index in [0.717, 1.165) is 19.0 Å². The topological polar surface area (TPSA) is 39.1 Å². The molecular formula is C9H17N3O. The third kappa shape index (κ3) is 2.45. The second kappa shape index (κ2) is 4.87. The molecule has 0 bridgehead atoms. The Kier molecular flexibility index (Phi) is 3.76. The minimum atomic E-state index is 0.421. The Labute approximate surface area is 78.9 Å². The smallest absolute Gasteiger partial charge is 0.202 e. The summed E-state index contributed by atoms with van der Waals surface area (Å²) in [5, 5.41) is 3.04. The number of hydrogen-bond donors (Lipinski definition) is 1. The standard InChI is InChI=1S/C9H17N3O/c1-8(4-7-13-3)12-6-5-11-9(12)10-2/h5-6,8H,4,7H2,1-3H3,(H,10,11). The van der Waals surface area contributed by atoms with Crippen LogP contribution in [-0.4, -0.2) is 30.3 Å². The van der Waals surface area contributed by atoms with Crippen LogP contribution in [0.25, 0.3) is 0 Å². The van der Waals surface area contributed by atoms with E-state index in [1.54, 1.807) is 13.3 Å². The van der Waals surface area contributed by atoms with Crippen LogP contribution >= 0.6 is 0 Å². The van der Waals surface area contributed by atoms with Gasteiger partial charge in [0.05, 0.1) is 0 Å². The van der Waals surface area contributed by atoms with Crippen LogP contribution in [-0.2, 0) is 4.74 Å².